The van der Waals surface area contributed by atoms with E-state index in [0.717, 1.165) is 0 Å². The molecule has 13 heavy (non-hydrogen) atoms. The summed E-state index contributed by atoms with van der Waals surface area (Å²) in [6.45, 7) is -0.246. The predicted octanol–water partition coefficient (Wildman–Crippen LogP) is 1.69. The first-order valence-electron chi connectivity index (χ1n) is 3.60. The van der Waals surface area contributed by atoms with Gasteiger partial charge in [-0.15, -0.1) is 0 Å². The average Bonchev–Trinajstić information content (AvgIpc) is 2.02. The van der Waals surface area contributed by atoms with Crippen molar-refractivity contribution in [3.63, 3.8) is 0 Å². The van der Waals surface area contributed by atoms with Crippen LogP contribution in [0.3, 0.4) is 0 Å². The van der Waals surface area contributed by atoms with Crippen molar-refractivity contribution in [1.82, 2.24) is 0 Å². The van der Waals surface area contributed by atoms with Crippen molar-refractivity contribution in [2.45, 2.75) is 6.04 Å². The Morgan fingerprint density at radius 2 is 1.77 bits per heavy atom. The Morgan fingerprint density at radius 3 is 2.15 bits per heavy atom. The van der Waals surface area contributed by atoms with Crippen LogP contribution < -0.4 is 5.73 Å². The topological polar surface area (TPSA) is 66.5 Å². The van der Waals surface area contributed by atoms with Gasteiger partial charge in [0.1, 0.15) is 5.75 Å². The number of aromatic hydroxyl groups is 1. The third kappa shape index (κ3) is 2.25. The molecule has 0 saturated carbocycles. The lowest BCUT2D eigenvalue weighted by molar-refractivity contribution is 0.268. The summed E-state index contributed by atoms with van der Waals surface area (Å²) in [4.78, 5) is 0. The highest BCUT2D eigenvalue weighted by molar-refractivity contribution is 6.36. The number of rotatable bonds is 2. The summed E-state index contributed by atoms with van der Waals surface area (Å²) >= 11 is 11.5. The van der Waals surface area contributed by atoms with Crippen molar-refractivity contribution in [2.75, 3.05) is 6.61 Å². The van der Waals surface area contributed by atoms with E-state index in [2.05, 4.69) is 0 Å². The molecule has 0 radical (unpaired) electrons. The van der Waals surface area contributed by atoms with E-state index in [1.54, 1.807) is 0 Å². The van der Waals surface area contributed by atoms with Gasteiger partial charge in [0, 0.05) is 5.56 Å². The minimum atomic E-state index is -0.624. The standard InChI is InChI=1S/C8H9Cl2NO2/c9-5-1-4(13)2-6(10)8(5)7(11)3-12/h1-2,7,12-13H,3,11H2. The third-order valence-corrected chi connectivity index (χ3v) is 2.26. The van der Waals surface area contributed by atoms with E-state index >= 15 is 0 Å². The first-order valence-corrected chi connectivity index (χ1v) is 4.36. The summed E-state index contributed by atoms with van der Waals surface area (Å²) < 4.78 is 0. The zero-order valence-corrected chi connectivity index (χ0v) is 8.18. The van der Waals surface area contributed by atoms with Gasteiger partial charge in [-0.2, -0.15) is 0 Å². The van der Waals surface area contributed by atoms with Crippen LogP contribution in [0.15, 0.2) is 12.1 Å². The second-order valence-electron chi connectivity index (χ2n) is 2.61. The fourth-order valence-corrected chi connectivity index (χ4v) is 1.77. The van der Waals surface area contributed by atoms with Crippen molar-refractivity contribution >= 4 is 23.2 Å². The average molecular weight is 222 g/mol. The number of hydrogen-bond donors (Lipinski definition) is 3. The number of aliphatic hydroxyl groups excluding tert-OH is 1. The van der Waals surface area contributed by atoms with Crippen LogP contribution in [0.2, 0.25) is 10.0 Å². The summed E-state index contributed by atoms with van der Waals surface area (Å²) in [5, 5.41) is 18.4. The minimum Gasteiger partial charge on any atom is -0.508 e. The molecule has 1 rings (SSSR count). The minimum absolute atomic E-state index is 0.0242. The SMILES string of the molecule is NC(CO)c1c(Cl)cc(O)cc1Cl. The molecule has 0 amide bonds. The Kier molecular flexibility index (Phi) is 3.39. The molecule has 0 aliphatic heterocycles. The van der Waals surface area contributed by atoms with Crippen LogP contribution >= 0.6 is 23.2 Å². The quantitative estimate of drug-likeness (QED) is 0.713. The van der Waals surface area contributed by atoms with Gasteiger partial charge in [0.15, 0.2) is 0 Å². The van der Waals surface area contributed by atoms with Crippen molar-refractivity contribution in [2.24, 2.45) is 5.73 Å². The Balaban J connectivity index is 3.20. The van der Waals surface area contributed by atoms with Gasteiger partial charge in [-0.3, -0.25) is 0 Å². The van der Waals surface area contributed by atoms with E-state index in [4.69, 9.17) is 39.1 Å². The molecule has 0 aromatic heterocycles. The van der Waals surface area contributed by atoms with E-state index in [0.29, 0.717) is 5.56 Å². The Labute approximate surface area is 85.7 Å². The van der Waals surface area contributed by atoms with Gasteiger partial charge in [-0.25, -0.2) is 0 Å². The van der Waals surface area contributed by atoms with Gasteiger partial charge in [0.2, 0.25) is 0 Å². The molecule has 4 N–H and O–H groups in total. The molecular weight excluding hydrogens is 213 g/mol. The molecule has 1 unspecified atom stereocenters. The Bertz CT molecular complexity index is 294. The summed E-state index contributed by atoms with van der Waals surface area (Å²) in [6, 6.07) is 2.04. The van der Waals surface area contributed by atoms with E-state index in [-0.39, 0.29) is 22.4 Å². The lowest BCUT2D eigenvalue weighted by Gasteiger charge is -2.12. The Morgan fingerprint density at radius 1 is 1.31 bits per heavy atom. The maximum Gasteiger partial charge on any atom is 0.118 e. The predicted molar refractivity (Wildman–Crippen MR) is 52.1 cm³/mol. The highest BCUT2D eigenvalue weighted by Crippen LogP contribution is 2.32. The van der Waals surface area contributed by atoms with Crippen molar-refractivity contribution in [3.05, 3.63) is 27.7 Å². The molecule has 5 heteroatoms. The molecule has 1 aromatic rings. The molecule has 0 saturated heterocycles. The molecule has 0 bridgehead atoms. The number of hydrogen-bond acceptors (Lipinski definition) is 3. The zero-order valence-electron chi connectivity index (χ0n) is 6.67. The lowest BCUT2D eigenvalue weighted by Crippen LogP contribution is -2.15. The van der Waals surface area contributed by atoms with Crippen LogP contribution in [0.1, 0.15) is 11.6 Å². The fourth-order valence-electron chi connectivity index (χ4n) is 1.02. The van der Waals surface area contributed by atoms with E-state index in [9.17, 15) is 0 Å². The molecule has 72 valence electrons. The zero-order chi connectivity index (χ0) is 10.0. The number of nitrogens with two attached hydrogens (primary N) is 1. The van der Waals surface area contributed by atoms with Crippen molar-refractivity contribution < 1.29 is 10.2 Å². The van der Waals surface area contributed by atoms with Gasteiger partial charge in [-0.05, 0) is 12.1 Å². The number of halogens is 2. The smallest absolute Gasteiger partial charge is 0.118 e. The van der Waals surface area contributed by atoms with Crippen LogP contribution in [0.25, 0.3) is 0 Å². The number of phenolic OH excluding ortho intramolecular Hbond substituents is 1. The second kappa shape index (κ2) is 4.15. The maximum absolute atomic E-state index is 9.10. The molecule has 0 fully saturated rings. The van der Waals surface area contributed by atoms with Gasteiger partial charge < -0.3 is 15.9 Å². The van der Waals surface area contributed by atoms with E-state index in [1.807, 2.05) is 0 Å². The molecule has 0 aliphatic carbocycles. The fraction of sp³-hybridized carbons (Fsp3) is 0.250. The summed E-state index contributed by atoms with van der Waals surface area (Å²) in [5.41, 5.74) is 5.99. The monoisotopic (exact) mass is 221 g/mol. The van der Waals surface area contributed by atoms with Crippen LogP contribution in [0.5, 0.6) is 5.75 Å². The second-order valence-corrected chi connectivity index (χ2v) is 3.43. The van der Waals surface area contributed by atoms with Gasteiger partial charge in [-0.1, -0.05) is 23.2 Å². The maximum atomic E-state index is 9.10. The molecule has 0 aliphatic rings. The Hall–Kier alpha value is -0.480. The highest BCUT2D eigenvalue weighted by atomic mass is 35.5. The number of phenols is 1. The molecule has 1 atom stereocenters. The molecule has 0 spiro atoms. The molecule has 3 nitrogen and oxygen atoms in total. The highest BCUT2D eigenvalue weighted by Gasteiger charge is 2.14. The molecule has 0 heterocycles. The van der Waals surface area contributed by atoms with Crippen LogP contribution in [0, 0.1) is 0 Å². The summed E-state index contributed by atoms with van der Waals surface area (Å²) in [5.74, 6) is -0.0242. The normalized spacial score (nSPS) is 12.9. The van der Waals surface area contributed by atoms with Gasteiger partial charge >= 0.3 is 0 Å². The first kappa shape index (κ1) is 10.6. The van der Waals surface area contributed by atoms with Crippen LogP contribution in [0.4, 0.5) is 0 Å². The van der Waals surface area contributed by atoms with E-state index < -0.39 is 6.04 Å². The molecular formula is C8H9Cl2NO2. The van der Waals surface area contributed by atoms with Crippen LogP contribution in [-0.4, -0.2) is 16.8 Å². The van der Waals surface area contributed by atoms with Crippen LogP contribution in [-0.2, 0) is 0 Å². The van der Waals surface area contributed by atoms with Crippen molar-refractivity contribution in [3.8, 4) is 5.75 Å². The van der Waals surface area contributed by atoms with Crippen molar-refractivity contribution in [1.29, 1.82) is 0 Å². The van der Waals surface area contributed by atoms with Gasteiger partial charge in [0.05, 0.1) is 22.7 Å². The molecule has 1 aromatic carbocycles. The summed E-state index contributed by atoms with van der Waals surface area (Å²) in [6.07, 6.45) is 0. The largest absolute Gasteiger partial charge is 0.508 e. The number of aliphatic hydroxyl groups is 1. The first-order chi connectivity index (χ1) is 6.06. The van der Waals surface area contributed by atoms with E-state index in [1.165, 1.54) is 12.1 Å². The summed E-state index contributed by atoms with van der Waals surface area (Å²) in [7, 11) is 0. The number of benzene rings is 1. The third-order valence-electron chi connectivity index (χ3n) is 1.63. The lowest BCUT2D eigenvalue weighted by atomic mass is 10.1. The van der Waals surface area contributed by atoms with Gasteiger partial charge in [0.25, 0.3) is 0 Å².